The predicted octanol–water partition coefficient (Wildman–Crippen LogP) is 4.74. The van der Waals surface area contributed by atoms with E-state index in [9.17, 15) is 4.39 Å². The molecule has 112 valence electrons. The maximum Gasteiger partial charge on any atom is 0.126 e. The standard InChI is InChI=1S/C19H14FN3/c1-12-9-14(4-6-16(12)20)19-15(3-2-8-21-19)13-5-7-17-18(10-13)23-11-22-17/h2-11H,1H3,(H,22,23). The fourth-order valence-electron chi connectivity index (χ4n) is 2.76. The van der Waals surface area contributed by atoms with E-state index in [1.807, 2.05) is 30.3 Å². The third-order valence-electron chi connectivity index (χ3n) is 3.97. The van der Waals surface area contributed by atoms with Gasteiger partial charge in [-0.05, 0) is 54.4 Å². The number of hydrogen-bond acceptors (Lipinski definition) is 2. The van der Waals surface area contributed by atoms with E-state index in [0.29, 0.717) is 5.56 Å². The summed E-state index contributed by atoms with van der Waals surface area (Å²) in [5.41, 5.74) is 6.33. The number of aromatic nitrogens is 3. The van der Waals surface area contributed by atoms with Crippen molar-refractivity contribution in [1.29, 1.82) is 0 Å². The highest BCUT2D eigenvalue weighted by Crippen LogP contribution is 2.32. The largest absolute Gasteiger partial charge is 0.345 e. The highest BCUT2D eigenvalue weighted by molar-refractivity contribution is 5.86. The summed E-state index contributed by atoms with van der Waals surface area (Å²) in [5, 5.41) is 0. The summed E-state index contributed by atoms with van der Waals surface area (Å²) < 4.78 is 13.5. The van der Waals surface area contributed by atoms with Crippen LogP contribution >= 0.6 is 0 Å². The lowest BCUT2D eigenvalue weighted by Crippen LogP contribution is -1.91. The van der Waals surface area contributed by atoms with E-state index in [1.165, 1.54) is 6.07 Å². The van der Waals surface area contributed by atoms with Crippen LogP contribution in [0.2, 0.25) is 0 Å². The van der Waals surface area contributed by atoms with Crippen molar-refractivity contribution in [2.45, 2.75) is 6.92 Å². The van der Waals surface area contributed by atoms with Crippen molar-refractivity contribution in [3.8, 4) is 22.4 Å². The van der Waals surface area contributed by atoms with Gasteiger partial charge in [-0.15, -0.1) is 0 Å². The average Bonchev–Trinajstić information content (AvgIpc) is 3.05. The Morgan fingerprint density at radius 3 is 2.70 bits per heavy atom. The first-order chi connectivity index (χ1) is 11.2. The third-order valence-corrected chi connectivity index (χ3v) is 3.97. The number of H-pyrrole nitrogens is 1. The van der Waals surface area contributed by atoms with Gasteiger partial charge in [-0.25, -0.2) is 9.37 Å². The third kappa shape index (κ3) is 2.38. The maximum absolute atomic E-state index is 13.5. The summed E-state index contributed by atoms with van der Waals surface area (Å²) in [6, 6.07) is 15.1. The normalized spacial score (nSPS) is 11.0. The number of benzene rings is 2. The van der Waals surface area contributed by atoms with Crippen molar-refractivity contribution in [1.82, 2.24) is 15.0 Å². The van der Waals surface area contributed by atoms with Crippen LogP contribution in [-0.4, -0.2) is 15.0 Å². The zero-order chi connectivity index (χ0) is 15.8. The molecule has 4 heteroatoms. The van der Waals surface area contributed by atoms with Crippen LogP contribution in [0.3, 0.4) is 0 Å². The summed E-state index contributed by atoms with van der Waals surface area (Å²) >= 11 is 0. The molecule has 0 fully saturated rings. The molecule has 0 radical (unpaired) electrons. The van der Waals surface area contributed by atoms with Gasteiger partial charge in [-0.2, -0.15) is 0 Å². The second-order valence-corrected chi connectivity index (χ2v) is 5.50. The first-order valence-electron chi connectivity index (χ1n) is 7.37. The number of fused-ring (bicyclic) bond motifs is 1. The molecule has 0 amide bonds. The summed E-state index contributed by atoms with van der Waals surface area (Å²) in [7, 11) is 0. The smallest absolute Gasteiger partial charge is 0.126 e. The number of nitrogens with one attached hydrogen (secondary N) is 1. The quantitative estimate of drug-likeness (QED) is 0.581. The van der Waals surface area contributed by atoms with Gasteiger partial charge >= 0.3 is 0 Å². The molecule has 0 bridgehead atoms. The van der Waals surface area contributed by atoms with Crippen LogP contribution in [-0.2, 0) is 0 Å². The van der Waals surface area contributed by atoms with Crippen LogP contribution in [0.25, 0.3) is 33.4 Å². The summed E-state index contributed by atoms with van der Waals surface area (Å²) in [5.74, 6) is -0.204. The van der Waals surface area contributed by atoms with Crippen molar-refractivity contribution < 1.29 is 4.39 Å². The Morgan fingerprint density at radius 2 is 1.83 bits per heavy atom. The molecule has 0 aliphatic rings. The van der Waals surface area contributed by atoms with Crippen LogP contribution in [0, 0.1) is 12.7 Å². The molecule has 0 spiro atoms. The molecule has 2 aromatic carbocycles. The first-order valence-corrected chi connectivity index (χ1v) is 7.37. The van der Waals surface area contributed by atoms with E-state index in [-0.39, 0.29) is 5.82 Å². The molecule has 2 heterocycles. The Morgan fingerprint density at radius 1 is 0.957 bits per heavy atom. The number of rotatable bonds is 2. The minimum Gasteiger partial charge on any atom is -0.345 e. The van der Waals surface area contributed by atoms with E-state index in [4.69, 9.17) is 0 Å². The Bertz CT molecular complexity index is 1000. The molecule has 23 heavy (non-hydrogen) atoms. The molecule has 3 nitrogen and oxygen atoms in total. The Balaban J connectivity index is 1.90. The molecule has 0 aliphatic carbocycles. The van der Waals surface area contributed by atoms with Gasteiger partial charge < -0.3 is 4.98 Å². The molecule has 0 unspecified atom stereocenters. The lowest BCUT2D eigenvalue weighted by Gasteiger charge is -2.10. The average molecular weight is 303 g/mol. The second kappa shape index (κ2) is 5.32. The number of hydrogen-bond donors (Lipinski definition) is 1. The van der Waals surface area contributed by atoms with E-state index >= 15 is 0 Å². The molecule has 0 atom stereocenters. The summed E-state index contributed by atoms with van der Waals surface area (Å²) in [6.07, 6.45) is 3.44. The monoisotopic (exact) mass is 303 g/mol. The van der Waals surface area contributed by atoms with Crippen LogP contribution in [0.4, 0.5) is 4.39 Å². The summed E-state index contributed by atoms with van der Waals surface area (Å²) in [4.78, 5) is 11.9. The van der Waals surface area contributed by atoms with Crippen molar-refractivity contribution >= 4 is 11.0 Å². The Labute approximate surface area is 132 Å². The van der Waals surface area contributed by atoms with E-state index in [1.54, 1.807) is 25.5 Å². The van der Waals surface area contributed by atoms with E-state index in [2.05, 4.69) is 21.0 Å². The highest BCUT2D eigenvalue weighted by Gasteiger charge is 2.11. The molecule has 0 aliphatic heterocycles. The fourth-order valence-corrected chi connectivity index (χ4v) is 2.76. The van der Waals surface area contributed by atoms with Gasteiger partial charge in [-0.3, -0.25) is 4.98 Å². The topological polar surface area (TPSA) is 41.6 Å². The number of aromatic amines is 1. The van der Waals surface area contributed by atoms with Gasteiger partial charge in [0.2, 0.25) is 0 Å². The molecule has 2 aromatic heterocycles. The van der Waals surface area contributed by atoms with Crippen molar-refractivity contribution in [2.24, 2.45) is 0 Å². The lowest BCUT2D eigenvalue weighted by atomic mass is 9.98. The number of aryl methyl sites for hydroxylation is 1. The number of nitrogens with zero attached hydrogens (tertiary/aromatic N) is 2. The zero-order valence-corrected chi connectivity index (χ0v) is 12.5. The lowest BCUT2D eigenvalue weighted by molar-refractivity contribution is 0.619. The molecular formula is C19H14FN3. The number of halogens is 1. The van der Waals surface area contributed by atoms with Gasteiger partial charge in [0.05, 0.1) is 23.1 Å². The van der Waals surface area contributed by atoms with Gasteiger partial charge in [-0.1, -0.05) is 12.1 Å². The Kier molecular flexibility index (Phi) is 3.15. The number of pyridine rings is 1. The molecule has 0 saturated heterocycles. The molecular weight excluding hydrogens is 289 g/mol. The molecule has 4 rings (SSSR count). The van der Waals surface area contributed by atoms with Gasteiger partial charge in [0, 0.05) is 17.3 Å². The van der Waals surface area contributed by atoms with E-state index in [0.717, 1.165) is 33.4 Å². The highest BCUT2D eigenvalue weighted by atomic mass is 19.1. The van der Waals surface area contributed by atoms with Gasteiger partial charge in [0.1, 0.15) is 5.82 Å². The van der Waals surface area contributed by atoms with Crippen molar-refractivity contribution in [3.05, 3.63) is 72.4 Å². The SMILES string of the molecule is Cc1cc(-c2ncccc2-c2ccc3nc[nH]c3c2)ccc1F. The van der Waals surface area contributed by atoms with Gasteiger partial charge in [0.25, 0.3) is 0 Å². The van der Waals surface area contributed by atoms with Crippen LogP contribution in [0.1, 0.15) is 5.56 Å². The number of imidazole rings is 1. The van der Waals surface area contributed by atoms with Crippen LogP contribution in [0.15, 0.2) is 61.1 Å². The Hall–Kier alpha value is -3.01. The minimum atomic E-state index is -0.204. The first kappa shape index (κ1) is 13.6. The fraction of sp³-hybridized carbons (Fsp3) is 0.0526. The second-order valence-electron chi connectivity index (χ2n) is 5.50. The van der Waals surface area contributed by atoms with Crippen LogP contribution in [0.5, 0.6) is 0 Å². The molecule has 1 N–H and O–H groups in total. The van der Waals surface area contributed by atoms with Crippen molar-refractivity contribution in [2.75, 3.05) is 0 Å². The van der Waals surface area contributed by atoms with Crippen LogP contribution < -0.4 is 0 Å². The van der Waals surface area contributed by atoms with Crippen molar-refractivity contribution in [3.63, 3.8) is 0 Å². The van der Waals surface area contributed by atoms with Gasteiger partial charge in [0.15, 0.2) is 0 Å². The zero-order valence-electron chi connectivity index (χ0n) is 12.5. The predicted molar refractivity (Wildman–Crippen MR) is 89.5 cm³/mol. The molecule has 0 saturated carbocycles. The van der Waals surface area contributed by atoms with E-state index < -0.39 is 0 Å². The maximum atomic E-state index is 13.5. The molecule has 4 aromatic rings. The minimum absolute atomic E-state index is 0.204. The summed E-state index contributed by atoms with van der Waals surface area (Å²) in [6.45, 7) is 1.76.